The monoisotopic (exact) mass is 351 g/mol. The minimum atomic E-state index is -1.71. The van der Waals surface area contributed by atoms with Gasteiger partial charge in [0.05, 0.1) is 6.04 Å². The van der Waals surface area contributed by atoms with Gasteiger partial charge in [0, 0.05) is 18.7 Å². The number of hydrogen-bond acceptors (Lipinski definition) is 7. The summed E-state index contributed by atoms with van der Waals surface area (Å²) in [5, 5.41) is 20.9. The average Bonchev–Trinajstić information content (AvgIpc) is 3.08. The molecule has 0 aromatic rings. The minimum Gasteiger partial charge on any atom is -0.459 e. The summed E-state index contributed by atoms with van der Waals surface area (Å²) in [7, 11) is 0. The summed E-state index contributed by atoms with van der Waals surface area (Å²) in [6.45, 7) is 5.82. The van der Waals surface area contributed by atoms with Crippen molar-refractivity contribution in [2.24, 2.45) is 5.92 Å². The Morgan fingerprint density at radius 3 is 2.80 bits per heavy atom. The van der Waals surface area contributed by atoms with E-state index in [2.05, 4.69) is 0 Å². The molecule has 0 unspecified atom stereocenters. The van der Waals surface area contributed by atoms with Crippen molar-refractivity contribution in [3.05, 3.63) is 23.3 Å². The summed E-state index contributed by atoms with van der Waals surface area (Å²) in [5.74, 6) is -1.76. The second kappa shape index (κ2) is 6.55. The lowest BCUT2D eigenvalue weighted by molar-refractivity contribution is -0.169. The molecule has 0 aromatic carbocycles. The third kappa shape index (κ3) is 3.12. The van der Waals surface area contributed by atoms with Crippen molar-refractivity contribution < 1.29 is 29.3 Å². The second-order valence-electron chi connectivity index (χ2n) is 7.26. The highest BCUT2D eigenvalue weighted by atomic mass is 16.6. The van der Waals surface area contributed by atoms with Gasteiger partial charge in [-0.3, -0.25) is 4.90 Å². The van der Waals surface area contributed by atoms with Crippen LogP contribution in [0.1, 0.15) is 27.2 Å². The molecule has 3 rings (SSSR count). The van der Waals surface area contributed by atoms with Gasteiger partial charge in [0.25, 0.3) is 0 Å². The van der Waals surface area contributed by atoms with Gasteiger partial charge in [-0.25, -0.2) is 9.59 Å². The molecule has 0 amide bonds. The molecule has 2 fully saturated rings. The molecule has 0 saturated carbocycles. The maximum absolute atomic E-state index is 12.6. The van der Waals surface area contributed by atoms with Crippen molar-refractivity contribution in [2.75, 3.05) is 19.7 Å². The first-order valence-corrected chi connectivity index (χ1v) is 8.62. The van der Waals surface area contributed by atoms with E-state index in [-0.39, 0.29) is 19.1 Å². The fraction of sp³-hybridized carbons (Fsp3) is 0.667. The normalized spacial score (nSPS) is 41.5. The summed E-state index contributed by atoms with van der Waals surface area (Å²) >= 11 is 0. The zero-order chi connectivity index (χ0) is 18.4. The van der Waals surface area contributed by atoms with Gasteiger partial charge < -0.3 is 19.7 Å². The fourth-order valence-corrected chi connectivity index (χ4v) is 3.70. The van der Waals surface area contributed by atoms with Crippen LogP contribution < -0.4 is 0 Å². The predicted octanol–water partition coefficient (Wildman–Crippen LogP) is 0.164. The number of aliphatic hydroxyl groups excluding tert-OH is 1. The number of ether oxygens (including phenoxy) is 2. The Kier molecular flexibility index (Phi) is 4.74. The van der Waals surface area contributed by atoms with Crippen molar-refractivity contribution in [3.8, 4) is 0 Å². The van der Waals surface area contributed by atoms with E-state index < -0.39 is 35.7 Å². The Hall–Kier alpha value is -1.70. The van der Waals surface area contributed by atoms with Crippen LogP contribution in [0.4, 0.5) is 0 Å². The molecule has 0 bridgehead atoms. The van der Waals surface area contributed by atoms with Crippen LogP contribution in [0.25, 0.3) is 0 Å². The summed E-state index contributed by atoms with van der Waals surface area (Å²) in [5.41, 5.74) is -0.551. The molecule has 7 heteroatoms. The molecule has 138 valence electrons. The zero-order valence-corrected chi connectivity index (χ0v) is 14.8. The van der Waals surface area contributed by atoms with E-state index in [9.17, 15) is 19.8 Å². The van der Waals surface area contributed by atoms with Crippen LogP contribution in [-0.2, 0) is 19.1 Å². The van der Waals surface area contributed by atoms with Crippen molar-refractivity contribution in [2.45, 2.75) is 51.0 Å². The molecule has 25 heavy (non-hydrogen) atoms. The van der Waals surface area contributed by atoms with E-state index >= 15 is 0 Å². The molecule has 7 nitrogen and oxygen atoms in total. The maximum Gasteiger partial charge on any atom is 0.338 e. The molecular formula is C18H25NO6. The molecule has 2 N–H and O–H groups in total. The first kappa shape index (κ1) is 18.1. The first-order valence-electron chi connectivity index (χ1n) is 8.62. The molecule has 3 aliphatic heterocycles. The number of nitrogens with zero attached hydrogens (tertiary/aromatic N) is 1. The van der Waals surface area contributed by atoms with Crippen LogP contribution in [0.2, 0.25) is 0 Å². The molecule has 0 spiro atoms. The number of cyclic esters (lactones) is 1. The second-order valence-corrected chi connectivity index (χ2v) is 7.26. The van der Waals surface area contributed by atoms with Crippen LogP contribution in [0.5, 0.6) is 0 Å². The van der Waals surface area contributed by atoms with Gasteiger partial charge in [-0.1, -0.05) is 19.1 Å². The largest absolute Gasteiger partial charge is 0.459 e. The number of esters is 2. The average molecular weight is 351 g/mol. The first-order chi connectivity index (χ1) is 11.8. The Balaban J connectivity index is 1.94. The number of carbonyl (C=O) groups is 2. The molecule has 0 aliphatic carbocycles. The van der Waals surface area contributed by atoms with E-state index in [0.29, 0.717) is 18.7 Å². The molecule has 3 heterocycles. The van der Waals surface area contributed by atoms with Crippen molar-refractivity contribution in [3.63, 3.8) is 0 Å². The van der Waals surface area contributed by atoms with E-state index in [1.54, 1.807) is 19.9 Å². The lowest BCUT2D eigenvalue weighted by Crippen LogP contribution is -2.45. The Bertz CT molecular complexity index is 637. The lowest BCUT2D eigenvalue weighted by atomic mass is 9.85. The molecule has 2 saturated heterocycles. The van der Waals surface area contributed by atoms with Crippen LogP contribution in [-0.4, -0.2) is 70.6 Å². The van der Waals surface area contributed by atoms with Gasteiger partial charge in [-0.15, -0.1) is 0 Å². The summed E-state index contributed by atoms with van der Waals surface area (Å²) < 4.78 is 11.0. The van der Waals surface area contributed by atoms with E-state index in [0.717, 1.165) is 5.57 Å². The molecular weight excluding hydrogens is 326 g/mol. The molecule has 5 atom stereocenters. The molecule has 3 aliphatic rings. The topological polar surface area (TPSA) is 96.3 Å². The number of aliphatic hydroxyl groups is 2. The standard InChI is InChI=1S/C18H25NO6/c1-4-11-7-10(2)18(3,23)17(22)24-9-12-5-6-19-8-13(20)15(14(12)19)25-16(11)21/h4-5,10,13-15,20,23H,6-9H2,1-3H3/t10-,13-,14-,15-,18-/m1/s1. The summed E-state index contributed by atoms with van der Waals surface area (Å²) in [4.78, 5) is 26.9. The van der Waals surface area contributed by atoms with E-state index in [4.69, 9.17) is 9.47 Å². The fourth-order valence-electron chi connectivity index (χ4n) is 3.70. The highest BCUT2D eigenvalue weighted by Gasteiger charge is 2.49. The van der Waals surface area contributed by atoms with Gasteiger partial charge in [0.15, 0.2) is 5.60 Å². The summed E-state index contributed by atoms with van der Waals surface area (Å²) in [6, 6.07) is -0.299. The van der Waals surface area contributed by atoms with Crippen molar-refractivity contribution in [1.82, 2.24) is 4.90 Å². The molecule has 0 aromatic heterocycles. The maximum atomic E-state index is 12.6. The number of carbonyl (C=O) groups excluding carboxylic acids is 2. The van der Waals surface area contributed by atoms with Gasteiger partial charge in [0.1, 0.15) is 18.8 Å². The van der Waals surface area contributed by atoms with Crippen molar-refractivity contribution in [1.29, 1.82) is 0 Å². The Labute approximate surface area is 146 Å². The number of rotatable bonds is 0. The SMILES string of the molecule is CC=C1C[C@@H](C)[C@@](C)(O)C(=O)OCC2=CCN3C[C@@H](O)[C@@H](OC1=O)[C@@H]23. The van der Waals surface area contributed by atoms with Crippen molar-refractivity contribution >= 4 is 11.9 Å². The Morgan fingerprint density at radius 2 is 2.12 bits per heavy atom. The van der Waals surface area contributed by atoms with Crippen LogP contribution in [0, 0.1) is 5.92 Å². The minimum absolute atomic E-state index is 0.0140. The predicted molar refractivity (Wildman–Crippen MR) is 88.5 cm³/mol. The van der Waals surface area contributed by atoms with Gasteiger partial charge in [-0.2, -0.15) is 0 Å². The Morgan fingerprint density at radius 1 is 1.40 bits per heavy atom. The zero-order valence-electron chi connectivity index (χ0n) is 14.8. The van der Waals surface area contributed by atoms with Gasteiger partial charge >= 0.3 is 11.9 Å². The van der Waals surface area contributed by atoms with Crippen LogP contribution in [0.3, 0.4) is 0 Å². The van der Waals surface area contributed by atoms with E-state index in [1.165, 1.54) is 6.92 Å². The third-order valence-electron chi connectivity index (χ3n) is 5.60. The summed E-state index contributed by atoms with van der Waals surface area (Å²) in [6.07, 6.45) is 2.25. The van der Waals surface area contributed by atoms with Gasteiger partial charge in [-0.05, 0) is 31.8 Å². The quantitative estimate of drug-likeness (QED) is 0.365. The number of hydrogen-bond donors (Lipinski definition) is 2. The van der Waals surface area contributed by atoms with Crippen LogP contribution in [0.15, 0.2) is 23.3 Å². The van der Waals surface area contributed by atoms with E-state index in [1.807, 2.05) is 11.0 Å². The van der Waals surface area contributed by atoms with Crippen LogP contribution >= 0.6 is 0 Å². The smallest absolute Gasteiger partial charge is 0.338 e. The highest BCUT2D eigenvalue weighted by molar-refractivity contribution is 5.89. The number of allylic oxidation sites excluding steroid dienone is 1. The third-order valence-corrected chi connectivity index (χ3v) is 5.60. The highest BCUT2D eigenvalue weighted by Crippen LogP contribution is 2.34. The lowest BCUT2D eigenvalue weighted by Gasteiger charge is -2.31. The van der Waals surface area contributed by atoms with Gasteiger partial charge in [0.2, 0.25) is 0 Å². The molecule has 0 radical (unpaired) electrons.